The van der Waals surface area contributed by atoms with E-state index in [1.54, 1.807) is 0 Å². The Balaban J connectivity index is 2.49. The van der Waals surface area contributed by atoms with E-state index in [1.807, 2.05) is 0 Å². The highest BCUT2D eigenvalue weighted by atomic mass is 32.2. The SMILES string of the molecule is CCCCCCC[N+](C)(CCCCC)CCC[Si]1(O)OCC(CO)(NCCCS(=O)(=O)O)CO1. The van der Waals surface area contributed by atoms with Crippen molar-refractivity contribution in [3.05, 3.63) is 0 Å². The van der Waals surface area contributed by atoms with Crippen LogP contribution in [-0.4, -0.2) is 100 Å². The van der Waals surface area contributed by atoms with Crippen molar-refractivity contribution in [3.63, 3.8) is 0 Å². The number of aliphatic hydroxyl groups excluding tert-OH is 1. The van der Waals surface area contributed by atoms with Gasteiger partial charge in [0.1, 0.15) is 0 Å². The highest BCUT2D eigenvalue weighted by molar-refractivity contribution is 7.85. The summed E-state index contributed by atoms with van der Waals surface area (Å²) in [5.41, 5.74) is -0.873. The summed E-state index contributed by atoms with van der Waals surface area (Å²) in [6, 6.07) is 0.495. The zero-order valence-corrected chi connectivity index (χ0v) is 23.6. The van der Waals surface area contributed by atoms with Crippen LogP contribution in [-0.2, 0) is 19.0 Å². The van der Waals surface area contributed by atoms with Gasteiger partial charge in [-0.15, -0.1) is 0 Å². The minimum atomic E-state index is -4.01. The van der Waals surface area contributed by atoms with E-state index in [1.165, 1.54) is 51.4 Å². The molecule has 1 unspecified atom stereocenters. The van der Waals surface area contributed by atoms with E-state index in [4.69, 9.17) is 13.4 Å². The predicted molar refractivity (Wildman–Crippen MR) is 137 cm³/mol. The fourth-order valence-electron chi connectivity index (χ4n) is 4.45. The smallest absolute Gasteiger partial charge is 0.394 e. The lowest BCUT2D eigenvalue weighted by molar-refractivity contribution is -0.910. The number of unbranched alkanes of at least 4 members (excludes halogenated alkanes) is 6. The van der Waals surface area contributed by atoms with Gasteiger partial charge in [0, 0.05) is 12.5 Å². The Bertz CT molecular complexity index is 645. The van der Waals surface area contributed by atoms with Gasteiger partial charge >= 0.3 is 8.80 Å². The normalized spacial score (nSPS) is 25.4. The van der Waals surface area contributed by atoms with E-state index in [-0.39, 0.29) is 38.5 Å². The van der Waals surface area contributed by atoms with Gasteiger partial charge in [0.15, 0.2) is 0 Å². The maximum atomic E-state index is 10.9. The Labute approximate surface area is 208 Å². The fourth-order valence-corrected chi connectivity index (χ4v) is 6.94. The van der Waals surface area contributed by atoms with Gasteiger partial charge in [-0.2, -0.15) is 8.42 Å². The second-order valence-electron chi connectivity index (χ2n) is 10.3. The first-order chi connectivity index (χ1) is 16.0. The van der Waals surface area contributed by atoms with E-state index in [0.29, 0.717) is 6.04 Å². The van der Waals surface area contributed by atoms with Crippen molar-refractivity contribution in [1.29, 1.82) is 0 Å². The molecule has 0 aromatic rings. The molecule has 0 aliphatic carbocycles. The molecule has 1 aliphatic heterocycles. The van der Waals surface area contributed by atoms with Gasteiger partial charge in [0.05, 0.1) is 57.8 Å². The third-order valence-electron chi connectivity index (χ3n) is 6.82. The van der Waals surface area contributed by atoms with Crippen LogP contribution < -0.4 is 5.32 Å². The van der Waals surface area contributed by atoms with Crippen LogP contribution in [0.25, 0.3) is 0 Å². The number of quaternary nitrogens is 1. The number of hydrogen-bond acceptors (Lipinski definition) is 7. The lowest BCUT2D eigenvalue weighted by Crippen LogP contribution is -2.65. The highest BCUT2D eigenvalue weighted by Crippen LogP contribution is 2.24. The van der Waals surface area contributed by atoms with Crippen LogP contribution in [0.2, 0.25) is 6.04 Å². The lowest BCUT2D eigenvalue weighted by Gasteiger charge is -2.42. The Morgan fingerprint density at radius 3 is 2.00 bits per heavy atom. The molecule has 1 saturated heterocycles. The Morgan fingerprint density at radius 1 is 0.912 bits per heavy atom. The van der Waals surface area contributed by atoms with Crippen LogP contribution in [0, 0.1) is 0 Å². The predicted octanol–water partition coefficient (Wildman–Crippen LogP) is 2.56. The molecule has 1 rings (SSSR count). The Hall–Kier alpha value is -0.113. The van der Waals surface area contributed by atoms with Crippen LogP contribution >= 0.6 is 0 Å². The maximum absolute atomic E-state index is 10.9. The monoisotopic (exact) mass is 527 g/mol. The molecule has 0 bridgehead atoms. The van der Waals surface area contributed by atoms with Crippen LogP contribution in [0.15, 0.2) is 0 Å². The van der Waals surface area contributed by atoms with Crippen molar-refractivity contribution >= 4 is 18.9 Å². The van der Waals surface area contributed by atoms with Crippen molar-refractivity contribution in [2.24, 2.45) is 0 Å². The summed E-state index contributed by atoms with van der Waals surface area (Å²) in [6.45, 7) is 8.01. The summed E-state index contributed by atoms with van der Waals surface area (Å²) in [4.78, 5) is 10.9. The topological polar surface area (TPSA) is 125 Å². The second-order valence-corrected chi connectivity index (χ2v) is 14.4. The number of rotatable bonds is 20. The number of aliphatic hydroxyl groups is 1. The van der Waals surface area contributed by atoms with Crippen molar-refractivity contribution in [2.45, 2.75) is 89.6 Å². The van der Waals surface area contributed by atoms with Crippen molar-refractivity contribution < 1.29 is 36.2 Å². The molecule has 0 aromatic carbocycles. The van der Waals surface area contributed by atoms with Gasteiger partial charge in [-0.05, 0) is 38.6 Å². The highest BCUT2D eigenvalue weighted by Gasteiger charge is 2.47. The quantitative estimate of drug-likeness (QED) is 0.0824. The molecule has 204 valence electrons. The van der Waals surface area contributed by atoms with E-state index in [9.17, 15) is 18.3 Å². The largest absolute Gasteiger partial charge is 0.498 e. The third kappa shape index (κ3) is 13.3. The number of hydrogen-bond donors (Lipinski definition) is 4. The molecule has 0 spiro atoms. The van der Waals surface area contributed by atoms with Gasteiger partial charge in [-0.3, -0.25) is 4.55 Å². The average Bonchev–Trinajstić information content (AvgIpc) is 2.78. The van der Waals surface area contributed by atoms with Crippen LogP contribution in [0.3, 0.4) is 0 Å². The number of nitrogens with zero attached hydrogens (tertiary/aromatic N) is 1. The molecule has 11 heteroatoms. The minimum absolute atomic E-state index is 0.109. The summed E-state index contributed by atoms with van der Waals surface area (Å²) in [6.07, 6.45) is 11.1. The summed E-state index contributed by atoms with van der Waals surface area (Å²) in [5, 5.41) is 12.9. The van der Waals surface area contributed by atoms with Gasteiger partial charge in [0.25, 0.3) is 10.1 Å². The third-order valence-corrected chi connectivity index (χ3v) is 9.80. The molecule has 4 N–H and O–H groups in total. The summed E-state index contributed by atoms with van der Waals surface area (Å²) in [7, 11) is -4.98. The first-order valence-electron chi connectivity index (χ1n) is 13.2. The molecule has 0 aromatic heterocycles. The Morgan fingerprint density at radius 2 is 1.44 bits per heavy atom. The molecule has 0 amide bonds. The first-order valence-corrected chi connectivity index (χ1v) is 16.7. The van der Waals surface area contributed by atoms with E-state index < -0.39 is 24.5 Å². The molecule has 1 atom stereocenters. The molecule has 1 aliphatic rings. The zero-order chi connectivity index (χ0) is 25.6. The summed E-state index contributed by atoms with van der Waals surface area (Å²) in [5.74, 6) is -0.351. The van der Waals surface area contributed by atoms with Crippen LogP contribution in [0.1, 0.15) is 78.1 Å². The summed E-state index contributed by atoms with van der Waals surface area (Å²) < 4.78 is 43.2. The molecule has 34 heavy (non-hydrogen) atoms. The molecular formula is C23H51N2O7SSi+. The van der Waals surface area contributed by atoms with E-state index in [2.05, 4.69) is 26.2 Å². The lowest BCUT2D eigenvalue weighted by atomic mass is 10.0. The van der Waals surface area contributed by atoms with Crippen molar-refractivity contribution in [3.8, 4) is 0 Å². The summed E-state index contributed by atoms with van der Waals surface area (Å²) >= 11 is 0. The molecule has 9 nitrogen and oxygen atoms in total. The molecule has 1 heterocycles. The first kappa shape index (κ1) is 31.9. The van der Waals surface area contributed by atoms with Crippen LogP contribution in [0.5, 0.6) is 0 Å². The van der Waals surface area contributed by atoms with Crippen molar-refractivity contribution in [1.82, 2.24) is 5.32 Å². The van der Waals surface area contributed by atoms with Gasteiger partial charge in [-0.25, -0.2) is 0 Å². The van der Waals surface area contributed by atoms with Gasteiger partial charge in [-0.1, -0.05) is 39.5 Å². The Kier molecular flexibility index (Phi) is 14.9. The molecule has 0 saturated carbocycles. The number of nitrogens with one attached hydrogen (secondary N) is 1. The molecular weight excluding hydrogens is 476 g/mol. The fraction of sp³-hybridized carbons (Fsp3) is 1.00. The standard InChI is InChI=1S/C23H50N2O7SSi/c1-4-6-8-9-11-16-25(3,15-10-7-5-2)17-13-19-34(30)31-21-23(20-26,22-32-34)24-14-12-18-33(27,28)29/h24,26,30H,4-22H2,1-3H3/p+1. The van der Waals surface area contributed by atoms with Crippen LogP contribution in [0.4, 0.5) is 0 Å². The van der Waals surface area contributed by atoms with E-state index >= 15 is 0 Å². The second kappa shape index (κ2) is 15.9. The van der Waals surface area contributed by atoms with Gasteiger partial charge < -0.3 is 28.6 Å². The molecule has 1 fully saturated rings. The van der Waals surface area contributed by atoms with Gasteiger partial charge in [0.2, 0.25) is 0 Å². The zero-order valence-electron chi connectivity index (χ0n) is 21.8. The average molecular weight is 528 g/mol. The maximum Gasteiger partial charge on any atom is 0.498 e. The molecule has 0 radical (unpaired) electrons. The minimum Gasteiger partial charge on any atom is -0.394 e. The van der Waals surface area contributed by atoms with E-state index in [0.717, 1.165) is 30.5 Å². The van der Waals surface area contributed by atoms with Crippen molar-refractivity contribution in [2.75, 3.05) is 58.8 Å².